The number of hydrogen-bond acceptors (Lipinski definition) is 4. The van der Waals surface area contributed by atoms with E-state index in [-0.39, 0.29) is 0 Å². The predicted octanol–water partition coefficient (Wildman–Crippen LogP) is 4.04. The Kier molecular flexibility index (Phi) is 4.38. The van der Waals surface area contributed by atoms with Crippen LogP contribution in [0.1, 0.15) is 16.7 Å². The van der Waals surface area contributed by atoms with Gasteiger partial charge in [0.2, 0.25) is 5.66 Å². The highest BCUT2D eigenvalue weighted by molar-refractivity contribution is 6.54. The molecule has 3 aromatic rings. The summed E-state index contributed by atoms with van der Waals surface area (Å²) in [6.45, 7) is 0. The molecule has 1 aliphatic rings. The molecule has 1 heterocycles. The van der Waals surface area contributed by atoms with Gasteiger partial charge in [0.25, 0.3) is 0 Å². The molecule has 0 fully saturated rings. The number of methoxy groups -OCH3 is 1. The molecule has 4 nitrogen and oxygen atoms in total. The second kappa shape index (κ2) is 7.00. The van der Waals surface area contributed by atoms with Gasteiger partial charge >= 0.3 is 0 Å². The number of ether oxygens (including phenoxy) is 1. The first-order valence-corrected chi connectivity index (χ1v) is 8.67. The fraction of sp³-hybridized carbons (Fsp3) is 0.0870. The van der Waals surface area contributed by atoms with Crippen molar-refractivity contribution in [2.45, 2.75) is 5.66 Å². The van der Waals surface area contributed by atoms with Gasteiger partial charge in [0.15, 0.2) is 6.29 Å². The van der Waals surface area contributed by atoms with Crippen molar-refractivity contribution in [2.24, 2.45) is 9.98 Å². The molecule has 0 atom stereocenters. The van der Waals surface area contributed by atoms with E-state index in [0.717, 1.165) is 23.2 Å². The van der Waals surface area contributed by atoms with E-state index in [1.165, 1.54) is 0 Å². The van der Waals surface area contributed by atoms with Crippen LogP contribution in [0, 0.1) is 0 Å². The fourth-order valence-electron chi connectivity index (χ4n) is 3.15. The number of rotatable bonds is 5. The third-order valence-corrected chi connectivity index (χ3v) is 4.56. The van der Waals surface area contributed by atoms with Crippen molar-refractivity contribution in [3.05, 3.63) is 102 Å². The standard InChI is InChI=1S/C23H18N2O2/c1-27-20-14-12-19(13-15-20)23(16-26)24-21(17-8-4-2-5-9-17)22(25-23)18-10-6-3-7-11-18/h2-16H,1H3. The molecule has 0 bridgehead atoms. The van der Waals surface area contributed by atoms with Gasteiger partial charge in [-0.25, -0.2) is 9.98 Å². The number of aldehydes is 1. The molecule has 4 heteroatoms. The van der Waals surface area contributed by atoms with Crippen molar-refractivity contribution >= 4 is 17.7 Å². The van der Waals surface area contributed by atoms with Crippen molar-refractivity contribution in [1.29, 1.82) is 0 Å². The summed E-state index contributed by atoms with van der Waals surface area (Å²) in [5.41, 5.74) is 2.70. The number of benzene rings is 3. The van der Waals surface area contributed by atoms with Gasteiger partial charge in [-0.15, -0.1) is 0 Å². The molecule has 1 aliphatic heterocycles. The third kappa shape index (κ3) is 3.06. The van der Waals surface area contributed by atoms with E-state index in [1.807, 2.05) is 84.9 Å². The van der Waals surface area contributed by atoms with E-state index in [4.69, 9.17) is 14.7 Å². The smallest absolute Gasteiger partial charge is 0.232 e. The Hall–Kier alpha value is -3.53. The normalized spacial score (nSPS) is 15.0. The van der Waals surface area contributed by atoms with Crippen LogP contribution < -0.4 is 4.74 Å². The lowest BCUT2D eigenvalue weighted by Gasteiger charge is -2.16. The van der Waals surface area contributed by atoms with Crippen molar-refractivity contribution in [1.82, 2.24) is 0 Å². The highest BCUT2D eigenvalue weighted by Gasteiger charge is 2.38. The Morgan fingerprint density at radius 2 is 1.22 bits per heavy atom. The maximum absolute atomic E-state index is 12.2. The van der Waals surface area contributed by atoms with Gasteiger partial charge in [0.1, 0.15) is 5.75 Å². The summed E-state index contributed by atoms with van der Waals surface area (Å²) < 4.78 is 5.22. The maximum Gasteiger partial charge on any atom is 0.232 e. The molecule has 3 aromatic carbocycles. The highest BCUT2D eigenvalue weighted by atomic mass is 16.5. The predicted molar refractivity (Wildman–Crippen MR) is 107 cm³/mol. The third-order valence-electron chi connectivity index (χ3n) is 4.56. The first-order valence-electron chi connectivity index (χ1n) is 8.67. The number of carbonyl (C=O) groups excluding carboxylic acids is 1. The Morgan fingerprint density at radius 1 is 0.741 bits per heavy atom. The average Bonchev–Trinajstić information content (AvgIpc) is 3.16. The minimum atomic E-state index is -1.29. The molecule has 0 radical (unpaired) electrons. The summed E-state index contributed by atoms with van der Waals surface area (Å²) in [5, 5.41) is 0. The molecule has 0 N–H and O–H groups in total. The zero-order valence-electron chi connectivity index (χ0n) is 14.9. The van der Waals surface area contributed by atoms with Crippen LogP contribution in [-0.4, -0.2) is 24.8 Å². The minimum absolute atomic E-state index is 0.706. The lowest BCUT2D eigenvalue weighted by atomic mass is 10.0. The molecule has 0 saturated heterocycles. The van der Waals surface area contributed by atoms with E-state index < -0.39 is 5.66 Å². The van der Waals surface area contributed by atoms with Crippen LogP contribution in [0.15, 0.2) is 94.9 Å². The van der Waals surface area contributed by atoms with E-state index in [9.17, 15) is 4.79 Å². The Balaban J connectivity index is 1.90. The number of aliphatic imine (C=N–C) groups is 2. The molecule has 27 heavy (non-hydrogen) atoms. The SMILES string of the molecule is COc1ccc(C2(C=O)N=C(c3ccccc3)C(c3ccccc3)=N2)cc1. The van der Waals surface area contributed by atoms with Gasteiger partial charge in [-0.05, 0) is 12.1 Å². The number of carbonyl (C=O) groups is 1. The Morgan fingerprint density at radius 3 is 1.63 bits per heavy atom. The molecular weight excluding hydrogens is 336 g/mol. The van der Waals surface area contributed by atoms with Gasteiger partial charge < -0.3 is 4.74 Å². The second-order valence-electron chi connectivity index (χ2n) is 6.23. The Labute approximate surface area is 157 Å². The van der Waals surface area contributed by atoms with E-state index in [2.05, 4.69) is 0 Å². The first kappa shape index (κ1) is 16.9. The van der Waals surface area contributed by atoms with E-state index >= 15 is 0 Å². The van der Waals surface area contributed by atoms with E-state index in [1.54, 1.807) is 7.11 Å². The zero-order valence-corrected chi connectivity index (χ0v) is 14.9. The quantitative estimate of drug-likeness (QED) is 0.649. The van der Waals surface area contributed by atoms with Gasteiger partial charge in [0, 0.05) is 16.7 Å². The van der Waals surface area contributed by atoms with Crippen molar-refractivity contribution in [3.8, 4) is 5.75 Å². The average molecular weight is 354 g/mol. The van der Waals surface area contributed by atoms with Gasteiger partial charge in [-0.3, -0.25) is 4.79 Å². The molecule has 0 unspecified atom stereocenters. The van der Waals surface area contributed by atoms with E-state index in [0.29, 0.717) is 17.0 Å². The largest absolute Gasteiger partial charge is 0.497 e. The molecular formula is C23H18N2O2. The maximum atomic E-state index is 12.2. The molecule has 0 aliphatic carbocycles. The van der Waals surface area contributed by atoms with Crippen LogP contribution in [0.3, 0.4) is 0 Å². The van der Waals surface area contributed by atoms with Gasteiger partial charge in [-0.2, -0.15) is 0 Å². The first-order chi connectivity index (χ1) is 13.3. The Bertz CT molecular complexity index is 952. The zero-order chi connectivity index (χ0) is 18.7. The monoisotopic (exact) mass is 354 g/mol. The topological polar surface area (TPSA) is 51.0 Å². The minimum Gasteiger partial charge on any atom is -0.497 e. The summed E-state index contributed by atoms with van der Waals surface area (Å²) in [6, 6.07) is 26.9. The summed E-state index contributed by atoms with van der Waals surface area (Å²) in [6.07, 6.45) is 0.799. The van der Waals surface area contributed by atoms with Crippen LogP contribution in [0.2, 0.25) is 0 Å². The summed E-state index contributed by atoms with van der Waals surface area (Å²) in [5.74, 6) is 0.720. The molecule has 0 aromatic heterocycles. The summed E-state index contributed by atoms with van der Waals surface area (Å²) in [4.78, 5) is 21.8. The van der Waals surface area contributed by atoms with Crippen LogP contribution in [-0.2, 0) is 10.5 Å². The molecule has 4 rings (SSSR count). The van der Waals surface area contributed by atoms with Crippen LogP contribution in [0.4, 0.5) is 0 Å². The van der Waals surface area contributed by atoms with Crippen LogP contribution >= 0.6 is 0 Å². The highest BCUT2D eigenvalue weighted by Crippen LogP contribution is 2.34. The second-order valence-corrected chi connectivity index (χ2v) is 6.23. The molecule has 132 valence electrons. The van der Waals surface area contributed by atoms with Gasteiger partial charge in [-0.1, -0.05) is 72.8 Å². The van der Waals surface area contributed by atoms with Crippen molar-refractivity contribution in [3.63, 3.8) is 0 Å². The van der Waals surface area contributed by atoms with Crippen LogP contribution in [0.25, 0.3) is 0 Å². The molecule has 0 spiro atoms. The number of hydrogen-bond donors (Lipinski definition) is 0. The lowest BCUT2D eigenvalue weighted by Crippen LogP contribution is -2.21. The van der Waals surface area contributed by atoms with Crippen molar-refractivity contribution in [2.75, 3.05) is 7.11 Å². The van der Waals surface area contributed by atoms with Crippen molar-refractivity contribution < 1.29 is 9.53 Å². The molecule has 0 amide bonds. The fourth-order valence-corrected chi connectivity index (χ4v) is 3.15. The van der Waals surface area contributed by atoms with Crippen LogP contribution in [0.5, 0.6) is 5.75 Å². The van der Waals surface area contributed by atoms with Gasteiger partial charge in [0.05, 0.1) is 18.5 Å². The summed E-state index contributed by atoms with van der Waals surface area (Å²) in [7, 11) is 1.61. The molecule has 0 saturated carbocycles. The lowest BCUT2D eigenvalue weighted by molar-refractivity contribution is -0.112. The number of nitrogens with zero attached hydrogens (tertiary/aromatic N) is 2. The summed E-state index contributed by atoms with van der Waals surface area (Å²) >= 11 is 0.